The number of carboxylic acid groups (broad SMARTS) is 1. The molecule has 1 aliphatic rings. The van der Waals surface area contributed by atoms with Crippen LogP contribution in [-0.4, -0.2) is 35.9 Å². The number of nitrogens with zero attached hydrogens (tertiary/aromatic N) is 1. The minimum Gasteiger partial charge on any atom is -0.477 e. The maximum absolute atomic E-state index is 10.8. The monoisotopic (exact) mass is 252 g/mol. The van der Waals surface area contributed by atoms with E-state index < -0.39 is 5.97 Å². The van der Waals surface area contributed by atoms with Gasteiger partial charge >= 0.3 is 5.97 Å². The van der Waals surface area contributed by atoms with Gasteiger partial charge < -0.3 is 20.3 Å². The maximum Gasteiger partial charge on any atom is 0.354 e. The van der Waals surface area contributed by atoms with E-state index in [-0.39, 0.29) is 11.6 Å². The summed E-state index contributed by atoms with van der Waals surface area (Å²) in [6, 6.07) is 2.86. The number of hydrogen-bond acceptors (Lipinski definition) is 5. The van der Waals surface area contributed by atoms with E-state index in [4.69, 9.17) is 20.3 Å². The number of nitrogens with two attached hydrogens (primary N) is 1. The maximum atomic E-state index is 10.8. The fourth-order valence-electron chi connectivity index (χ4n) is 1.80. The highest BCUT2D eigenvalue weighted by molar-refractivity contribution is 5.86. The quantitative estimate of drug-likeness (QED) is 0.835. The van der Waals surface area contributed by atoms with E-state index in [1.165, 1.54) is 12.1 Å². The molecule has 0 bridgehead atoms. The summed E-state index contributed by atoms with van der Waals surface area (Å²) in [5.41, 5.74) is 5.99. The van der Waals surface area contributed by atoms with E-state index in [1.54, 1.807) is 0 Å². The summed E-state index contributed by atoms with van der Waals surface area (Å²) in [5, 5.41) is 8.84. The third-order valence-electron chi connectivity index (χ3n) is 2.91. The molecular formula is C12H16N2O4. The van der Waals surface area contributed by atoms with Crippen molar-refractivity contribution in [2.75, 3.05) is 25.6 Å². The minimum absolute atomic E-state index is 0.0637. The molecule has 0 radical (unpaired) electrons. The fraction of sp³-hybridized carbons (Fsp3) is 0.500. The Balaban J connectivity index is 1.99. The van der Waals surface area contributed by atoms with Crippen LogP contribution >= 0.6 is 0 Å². The number of carbonyl (C=O) groups is 1. The Bertz CT molecular complexity index is 430. The van der Waals surface area contributed by atoms with Crippen LogP contribution in [0.25, 0.3) is 0 Å². The van der Waals surface area contributed by atoms with Gasteiger partial charge in [0.1, 0.15) is 0 Å². The summed E-state index contributed by atoms with van der Waals surface area (Å²) in [6.07, 6.45) is 1.89. The van der Waals surface area contributed by atoms with Gasteiger partial charge in [0.2, 0.25) is 5.88 Å². The lowest BCUT2D eigenvalue weighted by molar-refractivity contribution is 0.0490. The van der Waals surface area contributed by atoms with Crippen molar-refractivity contribution in [1.82, 2.24) is 4.98 Å². The number of pyridine rings is 1. The molecular weight excluding hydrogens is 236 g/mol. The molecule has 0 spiro atoms. The van der Waals surface area contributed by atoms with Crippen molar-refractivity contribution in [1.29, 1.82) is 0 Å². The Morgan fingerprint density at radius 2 is 2.22 bits per heavy atom. The molecule has 0 amide bonds. The van der Waals surface area contributed by atoms with Crippen LogP contribution in [0.1, 0.15) is 23.3 Å². The Kier molecular flexibility index (Phi) is 3.99. The molecule has 18 heavy (non-hydrogen) atoms. The SMILES string of the molecule is Nc1ccc(C(=O)O)nc1OCC1CCOCC1. The number of nitrogen functional groups attached to an aromatic ring is 1. The molecule has 6 nitrogen and oxygen atoms in total. The zero-order valence-electron chi connectivity index (χ0n) is 9.96. The highest BCUT2D eigenvalue weighted by Gasteiger charge is 2.16. The van der Waals surface area contributed by atoms with Crippen molar-refractivity contribution >= 4 is 11.7 Å². The second kappa shape index (κ2) is 5.68. The molecule has 0 atom stereocenters. The number of anilines is 1. The van der Waals surface area contributed by atoms with Gasteiger partial charge in [0.15, 0.2) is 5.69 Å². The third kappa shape index (κ3) is 3.10. The lowest BCUT2D eigenvalue weighted by atomic mass is 10.0. The molecule has 1 aromatic heterocycles. The van der Waals surface area contributed by atoms with Gasteiger partial charge in [-0.05, 0) is 30.9 Å². The Morgan fingerprint density at radius 1 is 1.50 bits per heavy atom. The first kappa shape index (κ1) is 12.6. The number of rotatable bonds is 4. The van der Waals surface area contributed by atoms with Gasteiger partial charge in [0.05, 0.1) is 12.3 Å². The lowest BCUT2D eigenvalue weighted by Crippen LogP contribution is -2.22. The van der Waals surface area contributed by atoms with Gasteiger partial charge in [-0.3, -0.25) is 0 Å². The van der Waals surface area contributed by atoms with Gasteiger partial charge in [-0.15, -0.1) is 0 Å². The van der Waals surface area contributed by atoms with Crippen LogP contribution in [0.5, 0.6) is 5.88 Å². The van der Waals surface area contributed by atoms with Crippen LogP contribution in [0, 0.1) is 5.92 Å². The van der Waals surface area contributed by atoms with Crippen LogP contribution in [0.15, 0.2) is 12.1 Å². The van der Waals surface area contributed by atoms with Crippen molar-refractivity contribution in [2.45, 2.75) is 12.8 Å². The van der Waals surface area contributed by atoms with Gasteiger partial charge in [-0.2, -0.15) is 0 Å². The summed E-state index contributed by atoms with van der Waals surface area (Å²) >= 11 is 0. The summed E-state index contributed by atoms with van der Waals surface area (Å²) in [5.74, 6) is -0.485. The molecule has 1 fully saturated rings. The van der Waals surface area contributed by atoms with Crippen LogP contribution in [0.2, 0.25) is 0 Å². The topological polar surface area (TPSA) is 94.7 Å². The summed E-state index contributed by atoms with van der Waals surface area (Å²) in [7, 11) is 0. The zero-order chi connectivity index (χ0) is 13.0. The molecule has 2 rings (SSSR count). The van der Waals surface area contributed by atoms with Gasteiger partial charge in [-0.25, -0.2) is 9.78 Å². The molecule has 98 valence electrons. The van der Waals surface area contributed by atoms with E-state index in [1.807, 2.05) is 0 Å². The smallest absolute Gasteiger partial charge is 0.354 e. The zero-order valence-corrected chi connectivity index (χ0v) is 9.96. The predicted molar refractivity (Wildman–Crippen MR) is 64.6 cm³/mol. The number of aromatic nitrogens is 1. The summed E-state index contributed by atoms with van der Waals surface area (Å²) < 4.78 is 10.8. The predicted octanol–water partition coefficient (Wildman–Crippen LogP) is 1.17. The highest BCUT2D eigenvalue weighted by Crippen LogP contribution is 2.21. The number of aromatic carboxylic acids is 1. The average Bonchev–Trinajstić information content (AvgIpc) is 2.38. The first-order valence-corrected chi connectivity index (χ1v) is 5.87. The van der Waals surface area contributed by atoms with Crippen molar-refractivity contribution in [3.8, 4) is 5.88 Å². The first-order chi connectivity index (χ1) is 8.66. The Labute approximate surface area is 105 Å². The molecule has 0 aliphatic carbocycles. The van der Waals surface area contributed by atoms with Crippen LogP contribution in [-0.2, 0) is 4.74 Å². The summed E-state index contributed by atoms with van der Waals surface area (Å²) in [4.78, 5) is 14.7. The molecule has 0 saturated carbocycles. The van der Waals surface area contributed by atoms with Gasteiger partial charge in [0.25, 0.3) is 0 Å². The summed E-state index contributed by atoms with van der Waals surface area (Å²) in [6.45, 7) is 1.97. The highest BCUT2D eigenvalue weighted by atomic mass is 16.5. The number of ether oxygens (including phenoxy) is 2. The molecule has 1 aromatic rings. The molecule has 2 heterocycles. The molecule has 1 saturated heterocycles. The second-order valence-corrected chi connectivity index (χ2v) is 4.26. The van der Waals surface area contributed by atoms with Crippen molar-refractivity contribution in [2.24, 2.45) is 5.92 Å². The Hall–Kier alpha value is -1.82. The van der Waals surface area contributed by atoms with Crippen molar-refractivity contribution in [3.05, 3.63) is 17.8 Å². The normalized spacial score (nSPS) is 16.4. The van der Waals surface area contributed by atoms with Crippen molar-refractivity contribution in [3.63, 3.8) is 0 Å². The first-order valence-electron chi connectivity index (χ1n) is 5.87. The Morgan fingerprint density at radius 3 is 2.89 bits per heavy atom. The average molecular weight is 252 g/mol. The van der Waals surface area contributed by atoms with E-state index >= 15 is 0 Å². The molecule has 0 aromatic carbocycles. The van der Waals surface area contributed by atoms with Gasteiger partial charge in [0, 0.05) is 13.2 Å². The number of carboxylic acids is 1. The van der Waals surface area contributed by atoms with E-state index in [0.717, 1.165) is 26.1 Å². The molecule has 3 N–H and O–H groups in total. The number of hydrogen-bond donors (Lipinski definition) is 2. The van der Waals surface area contributed by atoms with Gasteiger partial charge in [-0.1, -0.05) is 0 Å². The van der Waals surface area contributed by atoms with E-state index in [0.29, 0.717) is 18.2 Å². The van der Waals surface area contributed by atoms with Crippen LogP contribution < -0.4 is 10.5 Å². The van der Waals surface area contributed by atoms with E-state index in [9.17, 15) is 4.79 Å². The third-order valence-corrected chi connectivity index (χ3v) is 2.91. The molecule has 6 heteroatoms. The minimum atomic E-state index is -1.09. The second-order valence-electron chi connectivity index (χ2n) is 4.26. The standard InChI is InChI=1S/C12H16N2O4/c13-9-1-2-10(12(15)16)14-11(9)18-7-8-3-5-17-6-4-8/h1-2,8H,3-7,13H2,(H,15,16). The van der Waals surface area contributed by atoms with Crippen LogP contribution in [0.4, 0.5) is 5.69 Å². The largest absolute Gasteiger partial charge is 0.477 e. The van der Waals surface area contributed by atoms with E-state index in [2.05, 4.69) is 4.98 Å². The fourth-order valence-corrected chi connectivity index (χ4v) is 1.80. The molecule has 1 aliphatic heterocycles. The van der Waals surface area contributed by atoms with Crippen molar-refractivity contribution < 1.29 is 19.4 Å². The van der Waals surface area contributed by atoms with Crippen LogP contribution in [0.3, 0.4) is 0 Å². The lowest BCUT2D eigenvalue weighted by Gasteiger charge is -2.22. The molecule has 0 unspecified atom stereocenters.